The Morgan fingerprint density at radius 1 is 1.17 bits per heavy atom. The number of benzene rings is 2. The first-order valence-corrected chi connectivity index (χ1v) is 7.39. The Morgan fingerprint density at radius 3 is 2.43 bits per heavy atom. The molecule has 2 rings (SSSR count). The molecule has 23 heavy (non-hydrogen) atoms. The van der Waals surface area contributed by atoms with Crippen molar-refractivity contribution in [1.82, 2.24) is 5.32 Å². The van der Waals surface area contributed by atoms with Gasteiger partial charge in [-0.25, -0.2) is 0 Å². The van der Waals surface area contributed by atoms with Crippen LogP contribution in [-0.2, 0) is 0 Å². The fourth-order valence-electron chi connectivity index (χ4n) is 2.23. The molecule has 0 heterocycles. The predicted molar refractivity (Wildman–Crippen MR) is 91.1 cm³/mol. The van der Waals surface area contributed by atoms with Gasteiger partial charge in [0.15, 0.2) is 0 Å². The molecule has 0 saturated carbocycles. The molecule has 5 heteroatoms. The Hall–Kier alpha value is -2.53. The Bertz CT molecular complexity index is 654. The maximum atomic E-state index is 12.2. The van der Waals surface area contributed by atoms with Crippen LogP contribution in [0, 0.1) is 0 Å². The third-order valence-electron chi connectivity index (χ3n) is 3.60. The van der Waals surface area contributed by atoms with E-state index in [0.717, 1.165) is 11.3 Å². The number of nitrogens with one attached hydrogen (secondary N) is 1. The van der Waals surface area contributed by atoms with E-state index in [1.165, 1.54) is 7.11 Å². The minimum atomic E-state index is -0.759. The van der Waals surface area contributed by atoms with Crippen LogP contribution in [0.15, 0.2) is 48.5 Å². The Labute approximate surface area is 136 Å². The zero-order chi connectivity index (χ0) is 16.8. The number of anilines is 1. The van der Waals surface area contributed by atoms with Gasteiger partial charge < -0.3 is 20.1 Å². The third kappa shape index (κ3) is 4.23. The van der Waals surface area contributed by atoms with E-state index in [2.05, 4.69) is 5.32 Å². The van der Waals surface area contributed by atoms with Gasteiger partial charge in [0.25, 0.3) is 5.91 Å². The molecule has 0 saturated heterocycles. The molecule has 0 fully saturated rings. The normalized spacial score (nSPS) is 11.7. The van der Waals surface area contributed by atoms with Crippen LogP contribution < -0.4 is 15.0 Å². The van der Waals surface area contributed by atoms with E-state index in [4.69, 9.17) is 4.74 Å². The number of amides is 1. The van der Waals surface area contributed by atoms with Crippen LogP contribution in [-0.4, -0.2) is 38.8 Å². The van der Waals surface area contributed by atoms with Gasteiger partial charge in [0.05, 0.1) is 18.8 Å². The van der Waals surface area contributed by atoms with Crippen molar-refractivity contribution in [2.24, 2.45) is 0 Å². The van der Waals surface area contributed by atoms with Crippen molar-refractivity contribution >= 4 is 11.6 Å². The molecule has 122 valence electrons. The van der Waals surface area contributed by atoms with Crippen molar-refractivity contribution in [2.45, 2.75) is 6.10 Å². The largest absolute Gasteiger partial charge is 0.496 e. The highest BCUT2D eigenvalue weighted by Gasteiger charge is 2.14. The lowest BCUT2D eigenvalue weighted by molar-refractivity contribution is 0.0913. The first-order chi connectivity index (χ1) is 11.0. The van der Waals surface area contributed by atoms with E-state index in [9.17, 15) is 9.90 Å². The Kier molecular flexibility index (Phi) is 5.60. The summed E-state index contributed by atoms with van der Waals surface area (Å²) in [6.45, 7) is 0.137. The third-order valence-corrected chi connectivity index (χ3v) is 3.60. The number of aliphatic hydroxyl groups excluding tert-OH is 1. The van der Waals surface area contributed by atoms with E-state index in [1.54, 1.807) is 24.3 Å². The van der Waals surface area contributed by atoms with Gasteiger partial charge in [0, 0.05) is 26.3 Å². The average Bonchev–Trinajstić information content (AvgIpc) is 2.59. The van der Waals surface area contributed by atoms with Crippen molar-refractivity contribution < 1.29 is 14.6 Å². The Balaban J connectivity index is 1.98. The van der Waals surface area contributed by atoms with Gasteiger partial charge in [-0.05, 0) is 29.8 Å². The summed E-state index contributed by atoms with van der Waals surface area (Å²) in [6.07, 6.45) is -0.759. The SMILES string of the molecule is COc1ccccc1C(=O)NCC(O)c1ccc(N(C)C)cc1. The number of hydrogen-bond donors (Lipinski definition) is 2. The molecule has 0 bridgehead atoms. The molecular weight excluding hydrogens is 292 g/mol. The second kappa shape index (κ2) is 7.65. The summed E-state index contributed by atoms with van der Waals surface area (Å²) >= 11 is 0. The molecule has 0 aromatic heterocycles. The molecule has 0 aliphatic heterocycles. The van der Waals surface area contributed by atoms with Crippen LogP contribution in [0.25, 0.3) is 0 Å². The van der Waals surface area contributed by atoms with E-state index in [-0.39, 0.29) is 12.5 Å². The first kappa shape index (κ1) is 16.8. The van der Waals surface area contributed by atoms with Gasteiger partial charge >= 0.3 is 0 Å². The average molecular weight is 314 g/mol. The fraction of sp³-hybridized carbons (Fsp3) is 0.278. The van der Waals surface area contributed by atoms with Gasteiger partial charge in [-0.15, -0.1) is 0 Å². The highest BCUT2D eigenvalue weighted by molar-refractivity contribution is 5.96. The lowest BCUT2D eigenvalue weighted by Crippen LogP contribution is -2.28. The zero-order valence-electron chi connectivity index (χ0n) is 13.6. The maximum absolute atomic E-state index is 12.2. The molecule has 0 radical (unpaired) electrons. The minimum absolute atomic E-state index is 0.137. The van der Waals surface area contributed by atoms with Gasteiger partial charge in [0.1, 0.15) is 5.75 Å². The van der Waals surface area contributed by atoms with Crippen LogP contribution in [0.3, 0.4) is 0 Å². The summed E-state index contributed by atoms with van der Waals surface area (Å²) < 4.78 is 5.17. The summed E-state index contributed by atoms with van der Waals surface area (Å²) in [5, 5.41) is 12.9. The van der Waals surface area contributed by atoms with E-state index in [0.29, 0.717) is 11.3 Å². The van der Waals surface area contributed by atoms with Crippen LogP contribution in [0.5, 0.6) is 5.75 Å². The smallest absolute Gasteiger partial charge is 0.255 e. The van der Waals surface area contributed by atoms with Crippen LogP contribution >= 0.6 is 0 Å². The number of carbonyl (C=O) groups is 1. The number of ether oxygens (including phenoxy) is 1. The quantitative estimate of drug-likeness (QED) is 0.858. The number of carbonyl (C=O) groups excluding carboxylic acids is 1. The van der Waals surface area contributed by atoms with Crippen molar-refractivity contribution in [3.8, 4) is 5.75 Å². The van der Waals surface area contributed by atoms with Crippen molar-refractivity contribution in [3.63, 3.8) is 0 Å². The number of aliphatic hydroxyl groups is 1. The monoisotopic (exact) mass is 314 g/mol. The molecule has 0 aliphatic carbocycles. The van der Waals surface area contributed by atoms with Crippen LogP contribution in [0.4, 0.5) is 5.69 Å². The van der Waals surface area contributed by atoms with Crippen LogP contribution in [0.2, 0.25) is 0 Å². The molecule has 2 aromatic rings. The predicted octanol–water partition coefficient (Wildman–Crippen LogP) is 2.22. The van der Waals surface area contributed by atoms with E-state index < -0.39 is 6.10 Å². The molecule has 5 nitrogen and oxygen atoms in total. The van der Waals surface area contributed by atoms with Gasteiger partial charge in [-0.1, -0.05) is 24.3 Å². The minimum Gasteiger partial charge on any atom is -0.496 e. The van der Waals surface area contributed by atoms with E-state index >= 15 is 0 Å². The summed E-state index contributed by atoms with van der Waals surface area (Å²) in [6, 6.07) is 14.6. The second-order valence-electron chi connectivity index (χ2n) is 5.41. The molecule has 0 aliphatic rings. The highest BCUT2D eigenvalue weighted by atomic mass is 16.5. The summed E-state index contributed by atoms with van der Waals surface area (Å²) in [7, 11) is 5.44. The summed E-state index contributed by atoms with van der Waals surface area (Å²) in [5.41, 5.74) is 2.26. The second-order valence-corrected chi connectivity index (χ2v) is 5.41. The number of nitrogens with zero attached hydrogens (tertiary/aromatic N) is 1. The first-order valence-electron chi connectivity index (χ1n) is 7.39. The highest BCUT2D eigenvalue weighted by Crippen LogP contribution is 2.19. The fourth-order valence-corrected chi connectivity index (χ4v) is 2.23. The maximum Gasteiger partial charge on any atom is 0.255 e. The number of rotatable bonds is 6. The number of para-hydroxylation sites is 1. The topological polar surface area (TPSA) is 61.8 Å². The number of hydrogen-bond acceptors (Lipinski definition) is 4. The van der Waals surface area contributed by atoms with Crippen molar-refractivity contribution in [3.05, 3.63) is 59.7 Å². The van der Waals surface area contributed by atoms with E-state index in [1.807, 2.05) is 43.3 Å². The number of methoxy groups -OCH3 is 1. The van der Waals surface area contributed by atoms with Crippen molar-refractivity contribution in [2.75, 3.05) is 32.6 Å². The molecule has 1 atom stereocenters. The van der Waals surface area contributed by atoms with Gasteiger partial charge in [-0.3, -0.25) is 4.79 Å². The molecular formula is C18H22N2O3. The standard InChI is InChI=1S/C18H22N2O3/c1-20(2)14-10-8-13(9-11-14)16(21)12-19-18(22)15-6-4-5-7-17(15)23-3/h4-11,16,21H,12H2,1-3H3,(H,19,22). The molecule has 1 unspecified atom stereocenters. The lowest BCUT2D eigenvalue weighted by Gasteiger charge is -2.16. The van der Waals surface area contributed by atoms with Crippen molar-refractivity contribution in [1.29, 1.82) is 0 Å². The molecule has 2 aromatic carbocycles. The molecule has 2 N–H and O–H groups in total. The summed E-state index contributed by atoms with van der Waals surface area (Å²) in [4.78, 5) is 14.2. The molecule has 1 amide bonds. The lowest BCUT2D eigenvalue weighted by atomic mass is 10.1. The Morgan fingerprint density at radius 2 is 1.83 bits per heavy atom. The van der Waals surface area contributed by atoms with Crippen LogP contribution in [0.1, 0.15) is 22.0 Å². The van der Waals surface area contributed by atoms with Gasteiger partial charge in [0.2, 0.25) is 0 Å². The summed E-state index contributed by atoms with van der Waals surface area (Å²) in [5.74, 6) is 0.237. The van der Waals surface area contributed by atoms with Gasteiger partial charge in [-0.2, -0.15) is 0 Å². The molecule has 0 spiro atoms. The zero-order valence-corrected chi connectivity index (χ0v) is 13.6.